The Labute approximate surface area is 287 Å². The molecule has 48 heavy (non-hydrogen) atoms. The summed E-state index contributed by atoms with van der Waals surface area (Å²) in [4.78, 5) is 60.9. The van der Waals surface area contributed by atoms with Crippen LogP contribution in [-0.2, 0) is 19.2 Å². The molecule has 278 valence electrons. The topological polar surface area (TPSA) is 169 Å². The van der Waals surface area contributed by atoms with Crippen LogP contribution in [0.4, 0.5) is 0 Å². The molecule has 0 amide bonds. The highest BCUT2D eigenvalue weighted by Gasteiger charge is 2.36. The summed E-state index contributed by atoms with van der Waals surface area (Å²) in [7, 11) is 0. The quantitative estimate of drug-likeness (QED) is 0.175. The molecule has 2 rings (SSSR count). The Morgan fingerprint density at radius 3 is 0.708 bits per heavy atom. The van der Waals surface area contributed by atoms with Crippen LogP contribution in [0.3, 0.4) is 0 Å². The first-order chi connectivity index (χ1) is 22.8. The molecule has 14 heteroatoms. The number of carboxylic acid groups (broad SMARTS) is 4. The highest BCUT2D eigenvalue weighted by Crippen LogP contribution is 2.23. The van der Waals surface area contributed by atoms with Crippen LogP contribution in [0, 0.1) is 0 Å². The van der Waals surface area contributed by atoms with Gasteiger partial charge in [-0.2, -0.15) is 0 Å². The minimum Gasteiger partial charge on any atom is -0.480 e. The fourth-order valence-electron chi connectivity index (χ4n) is 7.81. The predicted molar refractivity (Wildman–Crippen MR) is 184 cm³/mol. The predicted octanol–water partition coefficient (Wildman–Crippen LogP) is 1.84. The number of rotatable bonds is 17. The normalized spacial score (nSPS) is 28.5. The summed E-state index contributed by atoms with van der Waals surface area (Å²) in [5.74, 6) is -3.61. The number of nitrogens with zero attached hydrogens (tertiary/aromatic N) is 6. The van der Waals surface area contributed by atoms with Crippen LogP contribution in [0.5, 0.6) is 0 Å². The van der Waals surface area contributed by atoms with E-state index in [-0.39, 0.29) is 62.4 Å². The van der Waals surface area contributed by atoms with Crippen molar-refractivity contribution < 1.29 is 39.6 Å². The van der Waals surface area contributed by atoms with E-state index in [9.17, 15) is 39.6 Å². The zero-order valence-electron chi connectivity index (χ0n) is 30.3. The summed E-state index contributed by atoms with van der Waals surface area (Å²) < 4.78 is 0. The van der Waals surface area contributed by atoms with E-state index in [2.05, 4.69) is 37.5 Å². The van der Waals surface area contributed by atoms with Gasteiger partial charge in [0.2, 0.25) is 0 Å². The van der Waals surface area contributed by atoms with E-state index in [0.29, 0.717) is 65.2 Å². The van der Waals surface area contributed by atoms with Crippen LogP contribution in [0.15, 0.2) is 0 Å². The Hall–Kier alpha value is -2.36. The second-order valence-electron chi connectivity index (χ2n) is 13.7. The fraction of sp³-hybridized carbons (Fsp3) is 0.882. The molecule has 0 aromatic rings. The zero-order valence-corrected chi connectivity index (χ0v) is 30.3. The van der Waals surface area contributed by atoms with Gasteiger partial charge in [0.05, 0.1) is 26.2 Å². The van der Waals surface area contributed by atoms with E-state index in [1.165, 1.54) is 0 Å². The molecule has 4 N–H and O–H groups in total. The maximum Gasteiger partial charge on any atom is 0.317 e. The van der Waals surface area contributed by atoms with Crippen molar-refractivity contribution >= 4 is 23.9 Å². The van der Waals surface area contributed by atoms with Crippen molar-refractivity contribution in [2.75, 3.05) is 78.5 Å². The molecule has 0 aromatic heterocycles. The lowest BCUT2D eigenvalue weighted by molar-refractivity contribution is -0.141. The van der Waals surface area contributed by atoms with Crippen molar-refractivity contribution in [2.45, 2.75) is 116 Å². The van der Waals surface area contributed by atoms with Gasteiger partial charge in [-0.25, -0.2) is 0 Å². The van der Waals surface area contributed by atoms with Gasteiger partial charge in [-0.1, -0.05) is 41.5 Å². The summed E-state index contributed by atoms with van der Waals surface area (Å²) in [6.07, 6.45) is 4.52. The molecule has 0 radical (unpaired) electrons. The number of hydrogen-bond acceptors (Lipinski definition) is 10. The van der Waals surface area contributed by atoms with Crippen molar-refractivity contribution in [3.05, 3.63) is 0 Å². The Morgan fingerprint density at radius 2 is 0.542 bits per heavy atom. The van der Waals surface area contributed by atoms with Crippen molar-refractivity contribution in [1.82, 2.24) is 29.4 Å². The monoisotopic (exact) mass is 684 g/mol. The summed E-state index contributed by atoms with van der Waals surface area (Å²) in [5.41, 5.74) is 0. The zero-order chi connectivity index (χ0) is 36.0. The highest BCUT2D eigenvalue weighted by molar-refractivity contribution is 5.70. The Bertz CT molecular complexity index is 914. The number of hydrogen-bond donors (Lipinski definition) is 4. The van der Waals surface area contributed by atoms with Crippen LogP contribution in [0.25, 0.3) is 0 Å². The SMILES string of the molecule is CCC1CN(CC(=O)O)[C@@H](CC)CN(CC(=O)O)C(CC)CN1CCN1C[C@H](CC)N(CC(=O)O)C[C@H](CC)N(CC(=O)O)C[C@@H]1CC. The molecular formula is C34H64N6O8. The van der Waals surface area contributed by atoms with E-state index >= 15 is 0 Å². The third-order valence-electron chi connectivity index (χ3n) is 10.6. The van der Waals surface area contributed by atoms with E-state index < -0.39 is 23.9 Å². The molecule has 2 fully saturated rings. The second kappa shape index (κ2) is 21.0. The lowest BCUT2D eigenvalue weighted by atomic mass is 10.1. The van der Waals surface area contributed by atoms with E-state index in [0.717, 1.165) is 25.7 Å². The second-order valence-corrected chi connectivity index (χ2v) is 13.7. The lowest BCUT2D eigenvalue weighted by Gasteiger charge is -2.41. The fourth-order valence-corrected chi connectivity index (χ4v) is 7.81. The van der Waals surface area contributed by atoms with Crippen LogP contribution in [0.2, 0.25) is 0 Å². The molecule has 2 heterocycles. The van der Waals surface area contributed by atoms with Gasteiger partial charge < -0.3 is 20.4 Å². The van der Waals surface area contributed by atoms with Gasteiger partial charge in [0.15, 0.2) is 0 Å². The van der Waals surface area contributed by atoms with Gasteiger partial charge in [0, 0.05) is 88.6 Å². The molecule has 0 aliphatic carbocycles. The van der Waals surface area contributed by atoms with E-state index in [4.69, 9.17) is 0 Å². The van der Waals surface area contributed by atoms with Gasteiger partial charge in [-0.05, 0) is 38.5 Å². The van der Waals surface area contributed by atoms with Crippen LogP contribution >= 0.6 is 0 Å². The molecule has 14 nitrogen and oxygen atoms in total. The molecule has 6 atom stereocenters. The molecule has 2 aliphatic heterocycles. The third kappa shape index (κ3) is 12.8. The van der Waals surface area contributed by atoms with Crippen LogP contribution in [0.1, 0.15) is 80.1 Å². The Morgan fingerprint density at radius 1 is 0.375 bits per heavy atom. The van der Waals surface area contributed by atoms with Gasteiger partial charge in [-0.3, -0.25) is 48.6 Å². The van der Waals surface area contributed by atoms with E-state index in [1.807, 2.05) is 33.4 Å². The Kier molecular flexibility index (Phi) is 18.3. The first kappa shape index (κ1) is 41.8. The number of carbonyl (C=O) groups is 4. The molecule has 0 aromatic carbocycles. The first-order valence-corrected chi connectivity index (χ1v) is 18.1. The summed E-state index contributed by atoms with van der Waals surface area (Å²) in [6.45, 7) is 16.7. The molecule has 0 spiro atoms. The molecule has 2 unspecified atom stereocenters. The number of aliphatic carboxylic acids is 4. The van der Waals surface area contributed by atoms with Crippen LogP contribution in [-0.4, -0.2) is 188 Å². The van der Waals surface area contributed by atoms with E-state index in [1.54, 1.807) is 0 Å². The van der Waals surface area contributed by atoms with Gasteiger partial charge in [0.1, 0.15) is 0 Å². The first-order valence-electron chi connectivity index (χ1n) is 18.1. The molecule has 0 bridgehead atoms. The lowest BCUT2D eigenvalue weighted by Crippen LogP contribution is -2.54. The van der Waals surface area contributed by atoms with Crippen molar-refractivity contribution in [3.63, 3.8) is 0 Å². The highest BCUT2D eigenvalue weighted by atomic mass is 16.4. The minimum atomic E-state index is -0.902. The van der Waals surface area contributed by atoms with Gasteiger partial charge >= 0.3 is 23.9 Å². The van der Waals surface area contributed by atoms with Gasteiger partial charge in [0.25, 0.3) is 0 Å². The van der Waals surface area contributed by atoms with Crippen molar-refractivity contribution in [2.24, 2.45) is 0 Å². The summed E-state index contributed by atoms with van der Waals surface area (Å²) in [5, 5.41) is 39.3. The Balaban J connectivity index is 2.53. The number of carboxylic acids is 4. The molecular weight excluding hydrogens is 620 g/mol. The molecule has 2 aliphatic rings. The average molecular weight is 685 g/mol. The average Bonchev–Trinajstić information content (AvgIpc) is 3.11. The minimum absolute atomic E-state index is 0.0303. The van der Waals surface area contributed by atoms with Crippen molar-refractivity contribution in [1.29, 1.82) is 0 Å². The maximum absolute atomic E-state index is 12.0. The maximum atomic E-state index is 12.0. The smallest absolute Gasteiger partial charge is 0.317 e. The summed E-state index contributed by atoms with van der Waals surface area (Å²) in [6, 6.07) is -0.150. The third-order valence-corrected chi connectivity index (χ3v) is 10.6. The van der Waals surface area contributed by atoms with Crippen molar-refractivity contribution in [3.8, 4) is 0 Å². The van der Waals surface area contributed by atoms with Gasteiger partial charge in [-0.15, -0.1) is 0 Å². The van der Waals surface area contributed by atoms with Crippen LogP contribution < -0.4 is 0 Å². The molecule has 2 saturated heterocycles. The standard InChI is InChI=1S/C34H64N6O8/c1-7-25-17-37(21-31(41)42)29(11-5)19-39(23-33(45)46)27(9-3)15-35(25)13-14-36-16-28(10-4)40(24-34(47)48)20-30(12-6)38(22-32(43)44)18-26(36)8-2/h25-30H,7-24H2,1-6H3,(H,41,42)(H,43,44)(H,45,46)(H,47,48)/t25-,26?,27-,28?,29-,30-/m0/s1. The summed E-state index contributed by atoms with van der Waals surface area (Å²) >= 11 is 0. The largest absolute Gasteiger partial charge is 0.480 e. The molecule has 0 saturated carbocycles.